The lowest BCUT2D eigenvalue weighted by molar-refractivity contribution is 0.120. The van der Waals surface area contributed by atoms with Crippen LogP contribution in [0.2, 0.25) is 0 Å². The van der Waals surface area contributed by atoms with Crippen LogP contribution in [0.5, 0.6) is 5.75 Å². The minimum absolute atomic E-state index is 0.0174. The number of hydrogen-bond donors (Lipinski definition) is 2. The third-order valence-corrected chi connectivity index (χ3v) is 4.94. The van der Waals surface area contributed by atoms with Gasteiger partial charge in [0.2, 0.25) is 0 Å². The van der Waals surface area contributed by atoms with Gasteiger partial charge in [-0.1, -0.05) is 12.1 Å². The molecule has 0 bridgehead atoms. The Hall–Kier alpha value is -3.26. The summed E-state index contributed by atoms with van der Waals surface area (Å²) in [6.45, 7) is 4.86. The van der Waals surface area contributed by atoms with Crippen LogP contribution in [0.15, 0.2) is 42.5 Å². The number of fused-ring (bicyclic) bond motifs is 1. The highest BCUT2D eigenvalue weighted by Gasteiger charge is 2.32. The Morgan fingerprint density at radius 2 is 2.07 bits per heavy atom. The quantitative estimate of drug-likeness (QED) is 0.679. The number of nitrogens with zero attached hydrogens (tertiary/aromatic N) is 3. The maximum Gasteiger partial charge on any atom is 0.416 e. The summed E-state index contributed by atoms with van der Waals surface area (Å²) >= 11 is 0. The zero-order valence-electron chi connectivity index (χ0n) is 16.8. The van der Waals surface area contributed by atoms with Gasteiger partial charge in [0.1, 0.15) is 17.4 Å². The molecule has 2 heterocycles. The number of rotatable bonds is 4. The molecule has 2 aromatic carbocycles. The second-order valence-corrected chi connectivity index (χ2v) is 7.50. The average molecular weight is 410 g/mol. The summed E-state index contributed by atoms with van der Waals surface area (Å²) in [4.78, 5) is 23.6. The lowest BCUT2D eigenvalue weighted by Gasteiger charge is -2.29. The predicted molar refractivity (Wildman–Crippen MR) is 112 cm³/mol. The number of phenols is 1. The van der Waals surface area contributed by atoms with Crippen LogP contribution in [-0.2, 0) is 4.74 Å². The molecule has 1 aromatic heterocycles. The zero-order valence-corrected chi connectivity index (χ0v) is 16.8. The number of aromatic nitrogens is 2. The largest absolute Gasteiger partial charge is 0.507 e. The van der Waals surface area contributed by atoms with Crippen molar-refractivity contribution in [2.75, 3.05) is 18.0 Å². The van der Waals surface area contributed by atoms with Gasteiger partial charge in [-0.3, -0.25) is 4.90 Å². The highest BCUT2D eigenvalue weighted by Crippen LogP contribution is 2.33. The van der Waals surface area contributed by atoms with Crippen LogP contribution < -0.4 is 10.2 Å². The van der Waals surface area contributed by atoms with Gasteiger partial charge < -0.3 is 15.2 Å². The Kier molecular flexibility index (Phi) is 5.50. The van der Waals surface area contributed by atoms with Crippen molar-refractivity contribution in [3.8, 4) is 17.1 Å². The zero-order chi connectivity index (χ0) is 21.3. The number of carbonyl (C=O) groups is 1. The topological polar surface area (TPSA) is 87.6 Å². The first kappa shape index (κ1) is 20.0. The molecular weight excluding hydrogens is 387 g/mol. The fourth-order valence-corrected chi connectivity index (χ4v) is 3.58. The number of carbonyl (C=O) groups excluding carboxylic acids is 1. The number of halogens is 1. The second-order valence-electron chi connectivity index (χ2n) is 7.50. The van der Waals surface area contributed by atoms with Gasteiger partial charge in [-0.05, 0) is 57.1 Å². The van der Waals surface area contributed by atoms with Crippen LogP contribution >= 0.6 is 0 Å². The number of anilines is 1. The smallest absolute Gasteiger partial charge is 0.416 e. The SMILES string of the molecule is CC(C)OC(=O)N(c1nc(-c2ccccc2O)nc2ccc(F)cc12)C1CCNC1. The van der Waals surface area contributed by atoms with E-state index in [2.05, 4.69) is 15.3 Å². The molecule has 30 heavy (non-hydrogen) atoms. The van der Waals surface area contributed by atoms with E-state index in [4.69, 9.17) is 4.74 Å². The first-order chi connectivity index (χ1) is 14.4. The second kappa shape index (κ2) is 8.23. The number of para-hydroxylation sites is 1. The van der Waals surface area contributed by atoms with Gasteiger partial charge in [0, 0.05) is 11.9 Å². The van der Waals surface area contributed by atoms with E-state index in [0.29, 0.717) is 29.4 Å². The number of nitrogens with one attached hydrogen (secondary N) is 1. The van der Waals surface area contributed by atoms with Gasteiger partial charge in [-0.15, -0.1) is 0 Å². The highest BCUT2D eigenvalue weighted by molar-refractivity contribution is 5.99. The number of amides is 1. The van der Waals surface area contributed by atoms with Gasteiger partial charge in [0.05, 0.1) is 23.2 Å². The molecule has 7 nitrogen and oxygen atoms in total. The van der Waals surface area contributed by atoms with E-state index in [1.165, 1.54) is 23.1 Å². The minimum atomic E-state index is -0.550. The van der Waals surface area contributed by atoms with Crippen molar-refractivity contribution in [3.05, 3.63) is 48.3 Å². The van der Waals surface area contributed by atoms with Crippen molar-refractivity contribution < 1.29 is 19.0 Å². The number of ether oxygens (including phenoxy) is 1. The number of benzene rings is 2. The molecule has 1 amide bonds. The summed E-state index contributed by atoms with van der Waals surface area (Å²) in [5.41, 5.74) is 0.889. The molecule has 0 spiro atoms. The molecule has 0 saturated carbocycles. The Morgan fingerprint density at radius 3 is 2.77 bits per heavy atom. The van der Waals surface area contributed by atoms with Crippen LogP contribution in [0.1, 0.15) is 20.3 Å². The minimum Gasteiger partial charge on any atom is -0.507 e. The highest BCUT2D eigenvalue weighted by atomic mass is 19.1. The van der Waals surface area contributed by atoms with Crippen LogP contribution in [0.25, 0.3) is 22.3 Å². The van der Waals surface area contributed by atoms with Crippen molar-refractivity contribution in [2.24, 2.45) is 0 Å². The lowest BCUT2D eigenvalue weighted by Crippen LogP contribution is -2.43. The molecule has 2 N–H and O–H groups in total. The van der Waals surface area contributed by atoms with Crippen molar-refractivity contribution in [2.45, 2.75) is 32.4 Å². The van der Waals surface area contributed by atoms with E-state index in [-0.39, 0.29) is 29.5 Å². The Balaban J connectivity index is 1.94. The Morgan fingerprint density at radius 1 is 1.27 bits per heavy atom. The third kappa shape index (κ3) is 3.91. The molecule has 156 valence electrons. The van der Waals surface area contributed by atoms with E-state index >= 15 is 0 Å². The van der Waals surface area contributed by atoms with Crippen LogP contribution in [-0.4, -0.2) is 46.4 Å². The third-order valence-electron chi connectivity index (χ3n) is 4.94. The summed E-state index contributed by atoms with van der Waals surface area (Å²) in [5, 5.41) is 13.9. The summed E-state index contributed by atoms with van der Waals surface area (Å²) in [7, 11) is 0. The lowest BCUT2D eigenvalue weighted by atomic mass is 10.1. The molecule has 0 aliphatic carbocycles. The molecule has 1 fully saturated rings. The van der Waals surface area contributed by atoms with E-state index in [1.807, 2.05) is 0 Å². The average Bonchev–Trinajstić information content (AvgIpc) is 3.22. The number of hydrogen-bond acceptors (Lipinski definition) is 6. The van der Waals surface area contributed by atoms with Crippen LogP contribution in [0.4, 0.5) is 15.0 Å². The molecular formula is C22H23FN4O3. The van der Waals surface area contributed by atoms with E-state index in [1.54, 1.807) is 38.1 Å². The number of aromatic hydroxyl groups is 1. The Labute approximate surface area is 173 Å². The molecule has 1 unspecified atom stereocenters. The number of phenolic OH excluding ortho intramolecular Hbond substituents is 1. The standard InChI is InChI=1S/C22H23FN4O3/c1-13(2)30-22(29)27(15-9-10-24-12-15)21-17-11-14(23)7-8-18(17)25-20(26-21)16-5-3-4-6-19(16)28/h3-8,11,13,15,24,28H,9-10,12H2,1-2H3. The van der Waals surface area contributed by atoms with Crippen LogP contribution in [0.3, 0.4) is 0 Å². The molecule has 1 saturated heterocycles. The molecule has 1 atom stereocenters. The molecule has 1 aliphatic rings. The normalized spacial score (nSPS) is 16.2. The summed E-state index contributed by atoms with van der Waals surface area (Å²) in [6.07, 6.45) is -0.164. The molecule has 3 aromatic rings. The van der Waals surface area contributed by atoms with Gasteiger partial charge in [-0.25, -0.2) is 19.2 Å². The van der Waals surface area contributed by atoms with E-state index in [0.717, 1.165) is 6.54 Å². The fourth-order valence-electron chi connectivity index (χ4n) is 3.58. The molecule has 4 rings (SSSR count). The maximum absolute atomic E-state index is 14.1. The van der Waals surface area contributed by atoms with Gasteiger partial charge >= 0.3 is 6.09 Å². The van der Waals surface area contributed by atoms with Crippen LogP contribution in [0, 0.1) is 5.82 Å². The summed E-state index contributed by atoms with van der Waals surface area (Å²) in [6, 6.07) is 10.7. The first-order valence-corrected chi connectivity index (χ1v) is 9.90. The van der Waals surface area contributed by atoms with Gasteiger partial charge in [-0.2, -0.15) is 0 Å². The maximum atomic E-state index is 14.1. The Bertz CT molecular complexity index is 1080. The van der Waals surface area contributed by atoms with Gasteiger partial charge in [0.25, 0.3) is 0 Å². The monoisotopic (exact) mass is 410 g/mol. The van der Waals surface area contributed by atoms with Crippen molar-refractivity contribution in [3.63, 3.8) is 0 Å². The predicted octanol–water partition coefficient (Wildman–Crippen LogP) is 3.85. The van der Waals surface area contributed by atoms with Crippen molar-refractivity contribution >= 4 is 22.8 Å². The summed E-state index contributed by atoms with van der Waals surface area (Å²) in [5.74, 6) is 0.0701. The molecule has 1 aliphatic heterocycles. The fraction of sp³-hybridized carbons (Fsp3) is 0.318. The van der Waals surface area contributed by atoms with E-state index < -0.39 is 11.9 Å². The van der Waals surface area contributed by atoms with E-state index in [9.17, 15) is 14.3 Å². The van der Waals surface area contributed by atoms with Crippen molar-refractivity contribution in [1.29, 1.82) is 0 Å². The first-order valence-electron chi connectivity index (χ1n) is 9.90. The molecule has 8 heteroatoms. The van der Waals surface area contributed by atoms with Crippen molar-refractivity contribution in [1.82, 2.24) is 15.3 Å². The van der Waals surface area contributed by atoms with Gasteiger partial charge in [0.15, 0.2) is 5.82 Å². The molecule has 0 radical (unpaired) electrons. The summed E-state index contributed by atoms with van der Waals surface area (Å²) < 4.78 is 19.6.